The lowest BCUT2D eigenvalue weighted by molar-refractivity contribution is -0.139. The van der Waals surface area contributed by atoms with Crippen LogP contribution < -0.4 is 11.1 Å². The van der Waals surface area contributed by atoms with E-state index in [9.17, 15) is 9.59 Å². The second-order valence-corrected chi connectivity index (χ2v) is 7.09. The van der Waals surface area contributed by atoms with Crippen LogP contribution in [0.4, 0.5) is 0 Å². The predicted molar refractivity (Wildman–Crippen MR) is 80.4 cm³/mol. The fraction of sp³-hybridized carbons (Fsp3) is 0.875. The number of fused-ring (bicyclic) bond motifs is 1. The quantitative estimate of drug-likeness (QED) is 0.816. The van der Waals surface area contributed by atoms with Crippen molar-refractivity contribution >= 4 is 11.8 Å². The van der Waals surface area contributed by atoms with Gasteiger partial charge in [0.1, 0.15) is 0 Å². The lowest BCUT2D eigenvalue weighted by Gasteiger charge is -2.41. The average molecular weight is 293 g/mol. The van der Waals surface area contributed by atoms with E-state index >= 15 is 0 Å². The summed E-state index contributed by atoms with van der Waals surface area (Å²) in [5, 5.41) is 2.92. The fourth-order valence-electron chi connectivity index (χ4n) is 4.44. The minimum atomic E-state index is 0.0122. The summed E-state index contributed by atoms with van der Waals surface area (Å²) in [5.74, 6) is 0.361. The van der Waals surface area contributed by atoms with Gasteiger partial charge in [-0.05, 0) is 37.6 Å². The van der Waals surface area contributed by atoms with Crippen LogP contribution >= 0.6 is 0 Å². The van der Waals surface area contributed by atoms with E-state index in [4.69, 9.17) is 5.73 Å². The normalized spacial score (nSPS) is 31.7. The molecule has 5 nitrogen and oxygen atoms in total. The molecule has 2 amide bonds. The number of carbonyl (C=O) groups excluding carboxylic acids is 2. The van der Waals surface area contributed by atoms with Crippen LogP contribution in [0, 0.1) is 11.3 Å². The third-order valence-corrected chi connectivity index (χ3v) is 5.79. The number of amides is 2. The van der Waals surface area contributed by atoms with E-state index in [1.165, 1.54) is 19.3 Å². The van der Waals surface area contributed by atoms with Crippen LogP contribution in [-0.4, -0.2) is 42.4 Å². The zero-order valence-corrected chi connectivity index (χ0v) is 12.8. The summed E-state index contributed by atoms with van der Waals surface area (Å²) < 4.78 is 0. The SMILES string of the molecule is NCC1(CC(=O)N2CCCC3C(=O)NCC32)CCCCC1. The van der Waals surface area contributed by atoms with Crippen molar-refractivity contribution in [2.24, 2.45) is 17.1 Å². The Bertz CT molecular complexity index is 418. The van der Waals surface area contributed by atoms with Gasteiger partial charge >= 0.3 is 0 Å². The Balaban J connectivity index is 1.68. The highest BCUT2D eigenvalue weighted by Crippen LogP contribution is 2.39. The zero-order valence-electron chi connectivity index (χ0n) is 12.8. The van der Waals surface area contributed by atoms with Gasteiger partial charge in [-0.3, -0.25) is 9.59 Å². The molecule has 3 rings (SSSR count). The highest BCUT2D eigenvalue weighted by molar-refractivity contribution is 5.84. The molecule has 0 aromatic heterocycles. The molecule has 0 aromatic rings. The van der Waals surface area contributed by atoms with Gasteiger partial charge in [-0.25, -0.2) is 0 Å². The van der Waals surface area contributed by atoms with E-state index in [-0.39, 0.29) is 29.2 Å². The van der Waals surface area contributed by atoms with Gasteiger partial charge in [0, 0.05) is 19.5 Å². The van der Waals surface area contributed by atoms with E-state index in [0.717, 1.165) is 32.2 Å². The Kier molecular flexibility index (Phi) is 4.20. The molecule has 3 fully saturated rings. The lowest BCUT2D eigenvalue weighted by Crippen LogP contribution is -2.50. The maximum Gasteiger partial charge on any atom is 0.225 e. The Morgan fingerprint density at radius 1 is 1.29 bits per heavy atom. The minimum Gasteiger partial charge on any atom is -0.354 e. The maximum absolute atomic E-state index is 12.8. The van der Waals surface area contributed by atoms with Crippen molar-refractivity contribution in [2.75, 3.05) is 19.6 Å². The molecule has 2 aliphatic heterocycles. The molecule has 2 unspecified atom stereocenters. The van der Waals surface area contributed by atoms with Crippen molar-refractivity contribution in [3.8, 4) is 0 Å². The molecular weight excluding hydrogens is 266 g/mol. The number of likely N-dealkylation sites (tertiary alicyclic amines) is 1. The molecular formula is C16H27N3O2. The second kappa shape index (κ2) is 5.95. The molecule has 2 atom stereocenters. The summed E-state index contributed by atoms with van der Waals surface area (Å²) in [6.07, 6.45) is 8.23. The topological polar surface area (TPSA) is 75.4 Å². The number of piperidine rings is 1. The molecule has 1 saturated carbocycles. The van der Waals surface area contributed by atoms with E-state index in [1.807, 2.05) is 4.90 Å². The molecule has 21 heavy (non-hydrogen) atoms. The number of rotatable bonds is 3. The monoisotopic (exact) mass is 293 g/mol. The van der Waals surface area contributed by atoms with Gasteiger partial charge in [-0.1, -0.05) is 19.3 Å². The Morgan fingerprint density at radius 2 is 2.05 bits per heavy atom. The number of hydrogen-bond acceptors (Lipinski definition) is 3. The second-order valence-electron chi connectivity index (χ2n) is 7.09. The first kappa shape index (κ1) is 14.8. The third kappa shape index (κ3) is 2.80. The average Bonchev–Trinajstić information content (AvgIpc) is 2.90. The van der Waals surface area contributed by atoms with Gasteiger partial charge in [-0.2, -0.15) is 0 Å². The molecule has 0 bridgehead atoms. The standard InChI is InChI=1S/C16H27N3O2/c17-11-16(6-2-1-3-7-16)9-14(20)19-8-4-5-12-13(19)10-18-15(12)21/h12-13H,1-11,17H2,(H,18,21). The van der Waals surface area contributed by atoms with Gasteiger partial charge in [-0.15, -0.1) is 0 Å². The van der Waals surface area contributed by atoms with Crippen molar-refractivity contribution in [3.63, 3.8) is 0 Å². The predicted octanol–water partition coefficient (Wildman–Crippen LogP) is 1.02. The number of nitrogens with one attached hydrogen (secondary N) is 1. The Morgan fingerprint density at radius 3 is 2.76 bits per heavy atom. The van der Waals surface area contributed by atoms with Crippen LogP contribution in [0.3, 0.4) is 0 Å². The van der Waals surface area contributed by atoms with Gasteiger partial charge in [0.15, 0.2) is 0 Å². The molecule has 0 radical (unpaired) electrons. The highest BCUT2D eigenvalue weighted by Gasteiger charge is 2.44. The van der Waals surface area contributed by atoms with E-state index in [2.05, 4.69) is 5.32 Å². The lowest BCUT2D eigenvalue weighted by atomic mass is 9.71. The third-order valence-electron chi connectivity index (χ3n) is 5.79. The molecule has 2 saturated heterocycles. The summed E-state index contributed by atoms with van der Waals surface area (Å²) >= 11 is 0. The first-order chi connectivity index (χ1) is 10.2. The molecule has 2 heterocycles. The maximum atomic E-state index is 12.8. The van der Waals surface area contributed by atoms with E-state index in [0.29, 0.717) is 19.5 Å². The summed E-state index contributed by atoms with van der Waals surface area (Å²) in [5.41, 5.74) is 6.02. The van der Waals surface area contributed by atoms with Crippen LogP contribution in [0.2, 0.25) is 0 Å². The molecule has 0 spiro atoms. The number of nitrogens with zero attached hydrogens (tertiary/aromatic N) is 1. The van der Waals surface area contributed by atoms with E-state index in [1.54, 1.807) is 0 Å². The summed E-state index contributed by atoms with van der Waals surface area (Å²) in [7, 11) is 0. The van der Waals surface area contributed by atoms with Crippen molar-refractivity contribution in [1.29, 1.82) is 0 Å². The smallest absolute Gasteiger partial charge is 0.225 e. The fourth-order valence-corrected chi connectivity index (χ4v) is 4.44. The number of carbonyl (C=O) groups is 2. The van der Waals surface area contributed by atoms with Crippen molar-refractivity contribution < 1.29 is 9.59 Å². The first-order valence-electron chi connectivity index (χ1n) is 8.42. The van der Waals surface area contributed by atoms with Crippen molar-refractivity contribution in [3.05, 3.63) is 0 Å². The van der Waals surface area contributed by atoms with Crippen LogP contribution in [0.15, 0.2) is 0 Å². The first-order valence-corrected chi connectivity index (χ1v) is 8.42. The zero-order chi connectivity index (χ0) is 14.9. The van der Waals surface area contributed by atoms with Gasteiger partial charge in [0.05, 0.1) is 12.0 Å². The van der Waals surface area contributed by atoms with Crippen molar-refractivity contribution in [2.45, 2.75) is 57.4 Å². The molecule has 3 N–H and O–H groups in total. The minimum absolute atomic E-state index is 0.0122. The van der Waals surface area contributed by atoms with Gasteiger partial charge < -0.3 is 16.0 Å². The molecule has 3 aliphatic rings. The largest absolute Gasteiger partial charge is 0.354 e. The van der Waals surface area contributed by atoms with E-state index < -0.39 is 0 Å². The summed E-state index contributed by atoms with van der Waals surface area (Å²) in [6.45, 7) is 2.04. The van der Waals surface area contributed by atoms with Crippen LogP contribution in [0.5, 0.6) is 0 Å². The van der Waals surface area contributed by atoms with Crippen molar-refractivity contribution in [1.82, 2.24) is 10.2 Å². The van der Waals surface area contributed by atoms with Gasteiger partial charge in [0.25, 0.3) is 0 Å². The number of hydrogen-bond donors (Lipinski definition) is 2. The molecule has 1 aliphatic carbocycles. The summed E-state index contributed by atoms with van der Waals surface area (Å²) in [4.78, 5) is 26.6. The Hall–Kier alpha value is -1.10. The van der Waals surface area contributed by atoms with Gasteiger partial charge in [0.2, 0.25) is 11.8 Å². The molecule has 118 valence electrons. The molecule has 0 aromatic carbocycles. The highest BCUT2D eigenvalue weighted by atomic mass is 16.2. The number of nitrogens with two attached hydrogens (primary N) is 1. The van der Waals surface area contributed by atoms with Crippen LogP contribution in [-0.2, 0) is 9.59 Å². The van der Waals surface area contributed by atoms with Crippen LogP contribution in [0.1, 0.15) is 51.4 Å². The van der Waals surface area contributed by atoms with Crippen LogP contribution in [0.25, 0.3) is 0 Å². The Labute approximate surface area is 126 Å². The molecule has 5 heteroatoms. The summed E-state index contributed by atoms with van der Waals surface area (Å²) in [6, 6.07) is 0.0807.